The van der Waals surface area contributed by atoms with Gasteiger partial charge in [0.15, 0.2) is 0 Å². The molecule has 2 nitrogen and oxygen atoms in total. The van der Waals surface area contributed by atoms with Gasteiger partial charge in [-0.15, -0.1) is 0 Å². The topological polar surface area (TPSA) is 29.3 Å². The Bertz CT molecular complexity index is 361. The summed E-state index contributed by atoms with van der Waals surface area (Å²) in [5.41, 5.74) is 6.74. The molecule has 0 radical (unpaired) electrons. The van der Waals surface area contributed by atoms with Gasteiger partial charge in [0.25, 0.3) is 0 Å². The Kier molecular flexibility index (Phi) is 4.94. The van der Waals surface area contributed by atoms with Crippen molar-refractivity contribution in [2.45, 2.75) is 40.3 Å². The van der Waals surface area contributed by atoms with E-state index in [0.29, 0.717) is 29.8 Å². The number of rotatable bonds is 5. The zero-order chi connectivity index (χ0) is 13.0. The van der Waals surface area contributed by atoms with Crippen LogP contribution in [0.3, 0.4) is 0 Å². The summed E-state index contributed by atoms with van der Waals surface area (Å²) < 4.78 is 13.7. The van der Waals surface area contributed by atoms with Crippen molar-refractivity contribution < 1.29 is 4.39 Å². The number of hydrogen-bond acceptors (Lipinski definition) is 2. The zero-order valence-corrected chi connectivity index (χ0v) is 11.2. The van der Waals surface area contributed by atoms with Gasteiger partial charge >= 0.3 is 0 Å². The molecule has 3 heteroatoms. The van der Waals surface area contributed by atoms with Crippen molar-refractivity contribution >= 4 is 5.69 Å². The monoisotopic (exact) mass is 238 g/mol. The van der Waals surface area contributed by atoms with Crippen molar-refractivity contribution in [1.82, 2.24) is 4.90 Å². The summed E-state index contributed by atoms with van der Waals surface area (Å²) in [6.45, 7) is 10.2. The van der Waals surface area contributed by atoms with E-state index < -0.39 is 0 Å². The quantitative estimate of drug-likeness (QED) is 0.798. The first-order valence-electron chi connectivity index (χ1n) is 6.18. The van der Waals surface area contributed by atoms with Crippen molar-refractivity contribution in [3.63, 3.8) is 0 Å². The molecule has 0 fully saturated rings. The Labute approximate surface area is 104 Å². The Morgan fingerprint density at radius 3 is 2.35 bits per heavy atom. The van der Waals surface area contributed by atoms with Gasteiger partial charge in [0.1, 0.15) is 5.82 Å². The largest absolute Gasteiger partial charge is 0.399 e. The van der Waals surface area contributed by atoms with Crippen molar-refractivity contribution in [3.8, 4) is 0 Å². The average molecular weight is 238 g/mol. The van der Waals surface area contributed by atoms with Gasteiger partial charge in [-0.2, -0.15) is 0 Å². The molecule has 17 heavy (non-hydrogen) atoms. The first kappa shape index (κ1) is 14.0. The van der Waals surface area contributed by atoms with Gasteiger partial charge in [-0.1, -0.05) is 19.9 Å². The lowest BCUT2D eigenvalue weighted by Crippen LogP contribution is -2.33. The van der Waals surface area contributed by atoms with E-state index in [0.717, 1.165) is 6.54 Å². The summed E-state index contributed by atoms with van der Waals surface area (Å²) in [4.78, 5) is 2.28. The highest BCUT2D eigenvalue weighted by atomic mass is 19.1. The first-order valence-corrected chi connectivity index (χ1v) is 6.18. The van der Waals surface area contributed by atoms with Gasteiger partial charge in [-0.3, -0.25) is 4.90 Å². The molecule has 96 valence electrons. The molecule has 0 bridgehead atoms. The van der Waals surface area contributed by atoms with E-state index in [1.54, 1.807) is 12.1 Å². The van der Waals surface area contributed by atoms with E-state index in [1.807, 2.05) is 0 Å². The van der Waals surface area contributed by atoms with E-state index in [1.165, 1.54) is 6.07 Å². The Morgan fingerprint density at radius 1 is 1.24 bits per heavy atom. The van der Waals surface area contributed by atoms with Crippen molar-refractivity contribution in [1.29, 1.82) is 0 Å². The van der Waals surface area contributed by atoms with Gasteiger partial charge in [0, 0.05) is 30.4 Å². The third-order valence-corrected chi connectivity index (χ3v) is 2.78. The van der Waals surface area contributed by atoms with Crippen molar-refractivity contribution in [3.05, 3.63) is 29.6 Å². The highest BCUT2D eigenvalue weighted by Crippen LogP contribution is 2.16. The van der Waals surface area contributed by atoms with Gasteiger partial charge in [-0.05, 0) is 31.9 Å². The molecule has 0 aliphatic carbocycles. The fourth-order valence-electron chi connectivity index (χ4n) is 1.84. The van der Waals surface area contributed by atoms with Crippen LogP contribution in [0.4, 0.5) is 10.1 Å². The molecule has 1 rings (SSSR count). The Morgan fingerprint density at radius 2 is 1.88 bits per heavy atom. The predicted octanol–water partition coefficient (Wildman–Crippen LogP) is 3.27. The molecule has 0 atom stereocenters. The summed E-state index contributed by atoms with van der Waals surface area (Å²) in [5, 5.41) is 0. The second kappa shape index (κ2) is 6.01. The van der Waals surface area contributed by atoms with Crippen LogP contribution in [0.1, 0.15) is 33.3 Å². The molecule has 0 saturated heterocycles. The van der Waals surface area contributed by atoms with Crippen LogP contribution in [0.2, 0.25) is 0 Å². The second-order valence-corrected chi connectivity index (χ2v) is 5.27. The second-order valence-electron chi connectivity index (χ2n) is 5.27. The number of hydrogen-bond donors (Lipinski definition) is 1. The molecule has 0 unspecified atom stereocenters. The maximum absolute atomic E-state index is 13.7. The minimum absolute atomic E-state index is 0.209. The van der Waals surface area contributed by atoms with Gasteiger partial charge < -0.3 is 5.73 Å². The molecule has 0 aromatic heterocycles. The smallest absolute Gasteiger partial charge is 0.129 e. The summed E-state index contributed by atoms with van der Waals surface area (Å²) in [7, 11) is 0. The lowest BCUT2D eigenvalue weighted by molar-refractivity contribution is 0.187. The Balaban J connectivity index is 2.78. The lowest BCUT2D eigenvalue weighted by atomic mass is 10.1. The minimum Gasteiger partial charge on any atom is -0.399 e. The van der Waals surface area contributed by atoms with Gasteiger partial charge in [-0.25, -0.2) is 4.39 Å². The molecular formula is C14H23FN2. The van der Waals surface area contributed by atoms with Crippen LogP contribution in [-0.2, 0) is 6.54 Å². The van der Waals surface area contributed by atoms with Crippen LogP contribution in [0.25, 0.3) is 0 Å². The van der Waals surface area contributed by atoms with Crippen LogP contribution in [0.5, 0.6) is 0 Å². The fraction of sp³-hybridized carbons (Fsp3) is 0.571. The minimum atomic E-state index is -0.209. The molecule has 2 N–H and O–H groups in total. The Hall–Kier alpha value is -1.09. The van der Waals surface area contributed by atoms with E-state index in [4.69, 9.17) is 5.73 Å². The molecular weight excluding hydrogens is 215 g/mol. The molecule has 0 aliphatic rings. The molecule has 0 spiro atoms. The molecule has 0 heterocycles. The molecule has 1 aromatic carbocycles. The predicted molar refractivity (Wildman–Crippen MR) is 71.2 cm³/mol. The number of nitrogens with two attached hydrogens (primary N) is 1. The molecule has 0 saturated carbocycles. The van der Waals surface area contributed by atoms with Gasteiger partial charge in [0.05, 0.1) is 0 Å². The highest BCUT2D eigenvalue weighted by molar-refractivity contribution is 5.40. The standard InChI is InChI=1S/C14H23FN2/c1-10(2)8-17(11(3)4)9-12-5-6-13(16)7-14(12)15/h5-7,10-11H,8-9,16H2,1-4H3. The van der Waals surface area contributed by atoms with Crippen molar-refractivity contribution in [2.24, 2.45) is 5.92 Å². The highest BCUT2D eigenvalue weighted by Gasteiger charge is 2.14. The number of anilines is 1. The van der Waals surface area contributed by atoms with E-state index in [9.17, 15) is 4.39 Å². The number of halogens is 1. The number of nitrogens with zero attached hydrogens (tertiary/aromatic N) is 1. The van der Waals surface area contributed by atoms with Crippen LogP contribution in [-0.4, -0.2) is 17.5 Å². The van der Waals surface area contributed by atoms with Crippen LogP contribution in [0, 0.1) is 11.7 Å². The molecule has 0 aliphatic heterocycles. The van der Waals surface area contributed by atoms with Crippen LogP contribution < -0.4 is 5.73 Å². The number of nitrogen functional groups attached to an aromatic ring is 1. The first-order chi connectivity index (χ1) is 7.90. The van der Waals surface area contributed by atoms with E-state index in [-0.39, 0.29) is 5.82 Å². The fourth-order valence-corrected chi connectivity index (χ4v) is 1.84. The maximum atomic E-state index is 13.7. The summed E-state index contributed by atoms with van der Waals surface area (Å²) in [5.74, 6) is 0.369. The maximum Gasteiger partial charge on any atom is 0.129 e. The van der Waals surface area contributed by atoms with Crippen LogP contribution in [0.15, 0.2) is 18.2 Å². The molecule has 0 amide bonds. The van der Waals surface area contributed by atoms with Gasteiger partial charge in [0.2, 0.25) is 0 Å². The summed E-state index contributed by atoms with van der Waals surface area (Å²) in [6, 6.07) is 5.34. The number of benzene rings is 1. The van der Waals surface area contributed by atoms with E-state index >= 15 is 0 Å². The van der Waals surface area contributed by atoms with Crippen molar-refractivity contribution in [2.75, 3.05) is 12.3 Å². The zero-order valence-electron chi connectivity index (χ0n) is 11.2. The SMILES string of the molecule is CC(C)CN(Cc1ccc(N)cc1F)C(C)C. The summed E-state index contributed by atoms with van der Waals surface area (Å²) in [6.07, 6.45) is 0. The van der Waals surface area contributed by atoms with E-state index in [2.05, 4.69) is 32.6 Å². The average Bonchev–Trinajstić information content (AvgIpc) is 2.19. The third-order valence-electron chi connectivity index (χ3n) is 2.78. The summed E-state index contributed by atoms with van der Waals surface area (Å²) >= 11 is 0. The third kappa shape index (κ3) is 4.35. The normalized spacial score (nSPS) is 11.8. The van der Waals surface area contributed by atoms with Crippen LogP contribution >= 0.6 is 0 Å². The molecule has 1 aromatic rings. The lowest BCUT2D eigenvalue weighted by Gasteiger charge is -2.28.